The Hall–Kier alpha value is -0.423. The summed E-state index contributed by atoms with van der Waals surface area (Å²) in [5, 5.41) is -0.887. The van der Waals surface area contributed by atoms with Crippen molar-refractivity contribution >= 4 is 8.80 Å². The summed E-state index contributed by atoms with van der Waals surface area (Å²) < 4.78 is 0. The Labute approximate surface area is 73.0 Å². The quantitative estimate of drug-likeness (QED) is 0.520. The minimum Gasteiger partial charge on any atom is -0.389 e. The van der Waals surface area contributed by atoms with Crippen LogP contribution in [0.5, 0.6) is 0 Å². The number of hydrogen-bond acceptors (Lipinski definition) is 3. The van der Waals surface area contributed by atoms with Gasteiger partial charge >= 0.3 is 8.80 Å². The summed E-state index contributed by atoms with van der Waals surface area (Å²) in [6.07, 6.45) is 7.07. The molecule has 1 rings (SSSR count). The van der Waals surface area contributed by atoms with Crippen LogP contribution in [0.3, 0.4) is 0 Å². The molecule has 1 aliphatic carbocycles. The molecule has 3 nitrogen and oxygen atoms in total. The fourth-order valence-corrected chi connectivity index (χ4v) is 2.28. The Morgan fingerprint density at radius 1 is 1.25 bits per heavy atom. The standard InChI is InChI=1S/C8H14O3Si/c1-7-5-3-4-6-8(7,2)12(9,10)11/h3-7,9-11H,1-2H3. The van der Waals surface area contributed by atoms with Gasteiger partial charge in [0.2, 0.25) is 0 Å². The van der Waals surface area contributed by atoms with Crippen molar-refractivity contribution in [2.24, 2.45) is 5.92 Å². The van der Waals surface area contributed by atoms with Gasteiger partial charge in [-0.15, -0.1) is 0 Å². The molecule has 2 unspecified atom stereocenters. The topological polar surface area (TPSA) is 60.7 Å². The van der Waals surface area contributed by atoms with Crippen LogP contribution in [0.25, 0.3) is 0 Å². The van der Waals surface area contributed by atoms with Crippen LogP contribution in [-0.2, 0) is 0 Å². The lowest BCUT2D eigenvalue weighted by molar-refractivity contribution is 0.182. The van der Waals surface area contributed by atoms with Crippen LogP contribution in [0.4, 0.5) is 0 Å². The minimum atomic E-state index is -4.08. The highest BCUT2D eigenvalue weighted by Gasteiger charge is 2.52. The first-order valence-corrected chi connectivity index (χ1v) is 5.75. The molecule has 0 spiro atoms. The zero-order chi connectivity index (χ0) is 9.41. The summed E-state index contributed by atoms with van der Waals surface area (Å²) in [6.45, 7) is 3.51. The lowest BCUT2D eigenvalue weighted by atomic mass is 9.90. The molecule has 0 amide bonds. The van der Waals surface area contributed by atoms with Crippen molar-refractivity contribution in [3.63, 3.8) is 0 Å². The molecular weight excluding hydrogens is 172 g/mol. The second-order valence-corrected chi connectivity index (χ2v) is 5.80. The summed E-state index contributed by atoms with van der Waals surface area (Å²) in [6, 6.07) is 0. The average Bonchev–Trinajstić information content (AvgIpc) is 1.93. The van der Waals surface area contributed by atoms with Crippen LogP contribution in [0, 0.1) is 5.92 Å². The molecule has 3 N–H and O–H groups in total. The highest BCUT2D eigenvalue weighted by Crippen LogP contribution is 2.44. The average molecular weight is 186 g/mol. The van der Waals surface area contributed by atoms with Crippen molar-refractivity contribution in [1.82, 2.24) is 0 Å². The maximum Gasteiger partial charge on any atom is 0.503 e. The predicted molar refractivity (Wildman–Crippen MR) is 48.2 cm³/mol. The van der Waals surface area contributed by atoms with Gasteiger partial charge in [-0.2, -0.15) is 0 Å². The van der Waals surface area contributed by atoms with E-state index in [4.69, 9.17) is 0 Å². The molecule has 0 aliphatic heterocycles. The van der Waals surface area contributed by atoms with Crippen molar-refractivity contribution in [2.75, 3.05) is 0 Å². The van der Waals surface area contributed by atoms with Gasteiger partial charge in [-0.25, -0.2) is 0 Å². The highest BCUT2D eigenvalue weighted by molar-refractivity contribution is 6.60. The molecular formula is C8H14O3Si. The third-order valence-corrected chi connectivity index (χ3v) is 4.69. The van der Waals surface area contributed by atoms with E-state index in [0.29, 0.717) is 0 Å². The van der Waals surface area contributed by atoms with E-state index in [1.807, 2.05) is 19.1 Å². The van der Waals surface area contributed by atoms with Gasteiger partial charge in [0.15, 0.2) is 0 Å². The van der Waals surface area contributed by atoms with Gasteiger partial charge < -0.3 is 14.4 Å². The molecule has 0 aromatic heterocycles. The Kier molecular flexibility index (Phi) is 2.26. The molecule has 0 heterocycles. The minimum absolute atomic E-state index is 0.0471. The molecule has 0 radical (unpaired) electrons. The van der Waals surface area contributed by atoms with Crippen molar-refractivity contribution in [3.8, 4) is 0 Å². The summed E-state index contributed by atoms with van der Waals surface area (Å²) in [7, 11) is -4.08. The molecule has 0 bridgehead atoms. The number of hydrogen-bond donors (Lipinski definition) is 3. The maximum atomic E-state index is 9.24. The molecule has 0 fully saturated rings. The van der Waals surface area contributed by atoms with Crippen LogP contribution in [0.2, 0.25) is 5.04 Å². The zero-order valence-corrected chi connectivity index (χ0v) is 8.23. The van der Waals surface area contributed by atoms with Crippen LogP contribution in [-0.4, -0.2) is 23.2 Å². The summed E-state index contributed by atoms with van der Waals surface area (Å²) in [5.41, 5.74) is 0. The highest BCUT2D eigenvalue weighted by atomic mass is 28.4. The third kappa shape index (κ3) is 1.38. The zero-order valence-electron chi connectivity index (χ0n) is 7.23. The molecule has 4 heteroatoms. The SMILES string of the molecule is CC1C=CC=CC1(C)[Si](O)(O)O. The van der Waals surface area contributed by atoms with Crippen LogP contribution < -0.4 is 0 Å². The molecule has 0 saturated heterocycles. The predicted octanol–water partition coefficient (Wildman–Crippen LogP) is 0.425. The smallest absolute Gasteiger partial charge is 0.389 e. The molecule has 12 heavy (non-hydrogen) atoms. The van der Waals surface area contributed by atoms with E-state index in [0.717, 1.165) is 0 Å². The fourth-order valence-electron chi connectivity index (χ4n) is 1.26. The first-order chi connectivity index (χ1) is 5.38. The monoisotopic (exact) mass is 186 g/mol. The van der Waals surface area contributed by atoms with Gasteiger partial charge in [-0.05, 0) is 5.92 Å². The van der Waals surface area contributed by atoms with Crippen molar-refractivity contribution in [1.29, 1.82) is 0 Å². The van der Waals surface area contributed by atoms with Crippen LogP contribution in [0.15, 0.2) is 24.3 Å². The van der Waals surface area contributed by atoms with Crippen LogP contribution >= 0.6 is 0 Å². The summed E-state index contributed by atoms with van der Waals surface area (Å²) >= 11 is 0. The van der Waals surface area contributed by atoms with Crippen molar-refractivity contribution < 1.29 is 14.4 Å². The van der Waals surface area contributed by atoms with E-state index < -0.39 is 13.8 Å². The maximum absolute atomic E-state index is 9.24. The van der Waals surface area contributed by atoms with Gasteiger partial charge in [0.05, 0.1) is 5.04 Å². The van der Waals surface area contributed by atoms with E-state index in [9.17, 15) is 14.4 Å². The van der Waals surface area contributed by atoms with Crippen molar-refractivity contribution in [2.45, 2.75) is 18.9 Å². The fraction of sp³-hybridized carbons (Fsp3) is 0.500. The van der Waals surface area contributed by atoms with E-state index in [2.05, 4.69) is 0 Å². The molecule has 0 aromatic rings. The van der Waals surface area contributed by atoms with Gasteiger partial charge in [0.1, 0.15) is 0 Å². The van der Waals surface area contributed by atoms with E-state index >= 15 is 0 Å². The molecule has 68 valence electrons. The van der Waals surface area contributed by atoms with E-state index in [1.165, 1.54) is 0 Å². The summed E-state index contributed by atoms with van der Waals surface area (Å²) in [4.78, 5) is 27.7. The van der Waals surface area contributed by atoms with Crippen LogP contribution in [0.1, 0.15) is 13.8 Å². The second-order valence-electron chi connectivity index (χ2n) is 3.45. The first-order valence-electron chi connectivity index (χ1n) is 3.91. The Morgan fingerprint density at radius 3 is 2.17 bits per heavy atom. The van der Waals surface area contributed by atoms with Gasteiger partial charge in [-0.1, -0.05) is 38.2 Å². The summed E-state index contributed by atoms with van der Waals surface area (Å²) in [5.74, 6) is -0.0471. The Morgan fingerprint density at radius 2 is 1.83 bits per heavy atom. The molecule has 2 atom stereocenters. The molecule has 0 aromatic carbocycles. The third-order valence-electron chi connectivity index (χ3n) is 2.62. The second kappa shape index (κ2) is 2.81. The Bertz CT molecular complexity index is 229. The van der Waals surface area contributed by atoms with Crippen molar-refractivity contribution in [3.05, 3.63) is 24.3 Å². The molecule has 0 saturated carbocycles. The Balaban J connectivity index is 2.99. The van der Waals surface area contributed by atoms with E-state index in [-0.39, 0.29) is 5.92 Å². The lowest BCUT2D eigenvalue weighted by Crippen LogP contribution is -2.50. The van der Waals surface area contributed by atoms with Gasteiger partial charge in [0, 0.05) is 0 Å². The normalized spacial score (nSPS) is 35.6. The number of allylic oxidation sites excluding steroid dienone is 4. The van der Waals surface area contributed by atoms with E-state index in [1.54, 1.807) is 19.1 Å². The lowest BCUT2D eigenvalue weighted by Gasteiger charge is -2.36. The largest absolute Gasteiger partial charge is 0.503 e. The first kappa shape index (κ1) is 9.66. The molecule has 1 aliphatic rings. The van der Waals surface area contributed by atoms with Gasteiger partial charge in [0.25, 0.3) is 0 Å². The number of rotatable bonds is 1. The van der Waals surface area contributed by atoms with Gasteiger partial charge in [-0.3, -0.25) is 0 Å².